The van der Waals surface area contributed by atoms with Crippen LogP contribution in [0.4, 0.5) is 0 Å². The summed E-state index contributed by atoms with van der Waals surface area (Å²) in [6, 6.07) is 0. The Morgan fingerprint density at radius 3 is 1.80 bits per heavy atom. The zero-order valence-electron chi connectivity index (χ0n) is 6.89. The zero-order valence-corrected chi connectivity index (χ0v) is 6.89. The van der Waals surface area contributed by atoms with Gasteiger partial charge < -0.3 is 0 Å². The second-order valence-corrected chi connectivity index (χ2v) is 3.19. The van der Waals surface area contributed by atoms with Crippen LogP contribution in [0.1, 0.15) is 39.5 Å². The lowest BCUT2D eigenvalue weighted by atomic mass is 9.99. The monoisotopic (exact) mass is 140 g/mol. The summed E-state index contributed by atoms with van der Waals surface area (Å²) >= 11 is 0. The first-order valence-corrected chi connectivity index (χ1v) is 4.33. The smallest absolute Gasteiger partial charge is 0.139 e. The van der Waals surface area contributed by atoms with Gasteiger partial charge in [0.25, 0.3) is 0 Å². The molecule has 0 amide bonds. The molecule has 1 aliphatic carbocycles. The van der Waals surface area contributed by atoms with Gasteiger partial charge in [-0.05, 0) is 25.7 Å². The Balaban J connectivity index is 2.49. The highest BCUT2D eigenvalue weighted by molar-refractivity contribution is 5.85. The minimum absolute atomic E-state index is 0.407. The maximum atomic E-state index is 11.4. The fraction of sp³-hybridized carbons (Fsp3) is 0.889. The van der Waals surface area contributed by atoms with Gasteiger partial charge in [-0.25, -0.2) is 0 Å². The van der Waals surface area contributed by atoms with Crippen molar-refractivity contribution < 1.29 is 4.79 Å². The Kier molecular flexibility index (Phi) is 2.47. The largest absolute Gasteiger partial charge is 0.299 e. The number of hydrogen-bond donors (Lipinski definition) is 0. The molecule has 0 saturated heterocycles. The van der Waals surface area contributed by atoms with Crippen LogP contribution in [0.3, 0.4) is 0 Å². The number of Topliss-reactive ketones (excluding diaryl/α,β-unsaturated/α-hetero) is 1. The highest BCUT2D eigenvalue weighted by atomic mass is 16.1. The minimum Gasteiger partial charge on any atom is -0.299 e. The van der Waals surface area contributed by atoms with Crippen LogP contribution in [0, 0.1) is 11.8 Å². The van der Waals surface area contributed by atoms with Crippen molar-refractivity contribution >= 4 is 5.78 Å². The minimum atomic E-state index is 0.407. The summed E-state index contributed by atoms with van der Waals surface area (Å²) < 4.78 is 0. The van der Waals surface area contributed by atoms with Gasteiger partial charge in [-0.15, -0.1) is 0 Å². The number of carbonyl (C=O) groups excluding carboxylic acids is 1. The SMILES string of the molecule is CC[C@H]1CC[C@H](CC)C1=O. The number of carbonyl (C=O) groups is 1. The van der Waals surface area contributed by atoms with E-state index in [0.29, 0.717) is 17.6 Å². The van der Waals surface area contributed by atoms with Crippen LogP contribution < -0.4 is 0 Å². The molecule has 1 saturated carbocycles. The van der Waals surface area contributed by atoms with E-state index in [2.05, 4.69) is 13.8 Å². The predicted octanol–water partition coefficient (Wildman–Crippen LogP) is 2.40. The first kappa shape index (κ1) is 7.77. The van der Waals surface area contributed by atoms with Crippen molar-refractivity contribution in [3.8, 4) is 0 Å². The average molecular weight is 140 g/mol. The van der Waals surface area contributed by atoms with Gasteiger partial charge in [-0.1, -0.05) is 13.8 Å². The quantitative estimate of drug-likeness (QED) is 0.575. The van der Waals surface area contributed by atoms with Crippen molar-refractivity contribution in [2.75, 3.05) is 0 Å². The molecule has 0 aromatic carbocycles. The second kappa shape index (κ2) is 3.18. The molecule has 1 nitrogen and oxygen atoms in total. The normalized spacial score (nSPS) is 33.2. The molecule has 1 heteroatoms. The van der Waals surface area contributed by atoms with Crippen molar-refractivity contribution in [1.29, 1.82) is 0 Å². The summed E-state index contributed by atoms with van der Waals surface area (Å²) in [7, 11) is 0. The van der Waals surface area contributed by atoms with Gasteiger partial charge in [0, 0.05) is 11.8 Å². The van der Waals surface area contributed by atoms with Crippen molar-refractivity contribution in [3.05, 3.63) is 0 Å². The third kappa shape index (κ3) is 1.23. The van der Waals surface area contributed by atoms with Gasteiger partial charge in [0.1, 0.15) is 5.78 Å². The Morgan fingerprint density at radius 2 is 1.60 bits per heavy atom. The van der Waals surface area contributed by atoms with Gasteiger partial charge in [-0.2, -0.15) is 0 Å². The first-order chi connectivity index (χ1) is 4.79. The molecule has 0 aromatic heterocycles. The Labute approximate surface area is 62.8 Å². The van der Waals surface area contributed by atoms with Crippen LogP contribution in [0.25, 0.3) is 0 Å². The summed E-state index contributed by atoms with van der Waals surface area (Å²) in [4.78, 5) is 11.4. The van der Waals surface area contributed by atoms with Crippen molar-refractivity contribution in [1.82, 2.24) is 0 Å². The summed E-state index contributed by atoms with van der Waals surface area (Å²) in [6.07, 6.45) is 4.40. The van der Waals surface area contributed by atoms with Crippen LogP contribution >= 0.6 is 0 Å². The third-order valence-corrected chi connectivity index (χ3v) is 2.65. The molecule has 0 radical (unpaired) electrons. The summed E-state index contributed by atoms with van der Waals surface area (Å²) in [5.74, 6) is 1.35. The van der Waals surface area contributed by atoms with E-state index in [4.69, 9.17) is 0 Å². The van der Waals surface area contributed by atoms with Crippen molar-refractivity contribution in [2.45, 2.75) is 39.5 Å². The molecule has 0 bridgehead atoms. The molecule has 1 fully saturated rings. The molecule has 0 N–H and O–H groups in total. The maximum absolute atomic E-state index is 11.4. The molecule has 0 aliphatic heterocycles. The van der Waals surface area contributed by atoms with E-state index in [0.717, 1.165) is 25.7 Å². The van der Waals surface area contributed by atoms with E-state index in [1.54, 1.807) is 0 Å². The summed E-state index contributed by atoms with van der Waals surface area (Å²) in [6.45, 7) is 4.22. The van der Waals surface area contributed by atoms with E-state index < -0.39 is 0 Å². The molecule has 0 spiro atoms. The number of rotatable bonds is 2. The molecule has 0 unspecified atom stereocenters. The van der Waals surface area contributed by atoms with Crippen molar-refractivity contribution in [3.63, 3.8) is 0 Å². The Hall–Kier alpha value is -0.330. The van der Waals surface area contributed by atoms with E-state index in [1.807, 2.05) is 0 Å². The summed E-state index contributed by atoms with van der Waals surface area (Å²) in [5, 5.41) is 0. The molecule has 1 aliphatic rings. The van der Waals surface area contributed by atoms with Crippen LogP contribution in [0.15, 0.2) is 0 Å². The van der Waals surface area contributed by atoms with Crippen LogP contribution in [0.5, 0.6) is 0 Å². The lowest BCUT2D eigenvalue weighted by Crippen LogP contribution is -2.12. The highest BCUT2D eigenvalue weighted by Crippen LogP contribution is 2.30. The van der Waals surface area contributed by atoms with Gasteiger partial charge >= 0.3 is 0 Å². The van der Waals surface area contributed by atoms with Gasteiger partial charge in [0.05, 0.1) is 0 Å². The molecular formula is C9H16O. The van der Waals surface area contributed by atoms with Gasteiger partial charge in [0.15, 0.2) is 0 Å². The number of hydrogen-bond acceptors (Lipinski definition) is 1. The lowest BCUT2D eigenvalue weighted by Gasteiger charge is -2.04. The van der Waals surface area contributed by atoms with E-state index in [9.17, 15) is 4.79 Å². The molecule has 10 heavy (non-hydrogen) atoms. The maximum Gasteiger partial charge on any atom is 0.139 e. The molecule has 2 atom stereocenters. The fourth-order valence-electron chi connectivity index (χ4n) is 1.83. The second-order valence-electron chi connectivity index (χ2n) is 3.19. The third-order valence-electron chi connectivity index (χ3n) is 2.65. The Morgan fingerprint density at radius 1 is 1.20 bits per heavy atom. The van der Waals surface area contributed by atoms with Crippen LogP contribution in [0.2, 0.25) is 0 Å². The van der Waals surface area contributed by atoms with E-state index in [1.165, 1.54) is 0 Å². The molecule has 58 valence electrons. The van der Waals surface area contributed by atoms with E-state index in [-0.39, 0.29) is 0 Å². The fourth-order valence-corrected chi connectivity index (χ4v) is 1.83. The standard InChI is InChI=1S/C9H16O/c1-3-7-5-6-8(4-2)9(7)10/h7-8H,3-6H2,1-2H3/t7-,8-/m0/s1. The Bertz CT molecular complexity index is 115. The molecule has 1 rings (SSSR count). The van der Waals surface area contributed by atoms with Crippen LogP contribution in [-0.2, 0) is 4.79 Å². The van der Waals surface area contributed by atoms with Gasteiger partial charge in [0.2, 0.25) is 0 Å². The lowest BCUT2D eigenvalue weighted by molar-refractivity contribution is -0.124. The zero-order chi connectivity index (χ0) is 7.56. The summed E-state index contributed by atoms with van der Waals surface area (Å²) in [5.41, 5.74) is 0. The topological polar surface area (TPSA) is 17.1 Å². The molecule has 0 heterocycles. The van der Waals surface area contributed by atoms with Crippen molar-refractivity contribution in [2.24, 2.45) is 11.8 Å². The first-order valence-electron chi connectivity index (χ1n) is 4.33. The van der Waals surface area contributed by atoms with Gasteiger partial charge in [-0.3, -0.25) is 4.79 Å². The van der Waals surface area contributed by atoms with Crippen LogP contribution in [-0.4, -0.2) is 5.78 Å². The number of ketones is 1. The predicted molar refractivity (Wildman–Crippen MR) is 41.8 cm³/mol. The van der Waals surface area contributed by atoms with E-state index >= 15 is 0 Å². The molecule has 0 aromatic rings. The average Bonchev–Trinajstić information content (AvgIpc) is 2.30. The molecular weight excluding hydrogens is 124 g/mol. The highest BCUT2D eigenvalue weighted by Gasteiger charge is 2.30.